The second-order valence-corrected chi connectivity index (χ2v) is 9.00. The minimum Gasteiger partial charge on any atom is -0.497 e. The Morgan fingerprint density at radius 1 is 0.943 bits per heavy atom. The zero-order chi connectivity index (χ0) is 24.2. The average molecular weight is 464 g/mol. The number of nitrogens with zero attached hydrogens (tertiary/aromatic N) is 3. The molecule has 0 fully saturated rings. The summed E-state index contributed by atoms with van der Waals surface area (Å²) in [6.45, 7) is 0.991. The first-order valence-electron chi connectivity index (χ1n) is 11.9. The van der Waals surface area contributed by atoms with E-state index in [1.54, 1.807) is 12.1 Å². The maximum atomic E-state index is 13.5. The number of methoxy groups -OCH3 is 1. The predicted octanol–water partition coefficient (Wildman–Crippen LogP) is 5.66. The van der Waals surface area contributed by atoms with E-state index in [4.69, 9.17) is 9.84 Å². The zero-order valence-electron chi connectivity index (χ0n) is 20.1. The Bertz CT molecular complexity index is 1350. The van der Waals surface area contributed by atoms with Crippen molar-refractivity contribution in [1.29, 1.82) is 0 Å². The van der Waals surface area contributed by atoms with Crippen LogP contribution < -0.4 is 4.74 Å². The summed E-state index contributed by atoms with van der Waals surface area (Å²) in [5.74, 6) is 0.780. The normalized spacial score (nSPS) is 15.5. The van der Waals surface area contributed by atoms with Gasteiger partial charge in [-0.25, -0.2) is 5.01 Å². The molecule has 5 nitrogen and oxygen atoms in total. The molecule has 0 spiro atoms. The Balaban J connectivity index is 1.42. The maximum Gasteiger partial charge on any atom is 0.257 e. The number of fused-ring (bicyclic) bond motifs is 1. The van der Waals surface area contributed by atoms with E-state index >= 15 is 0 Å². The first-order chi connectivity index (χ1) is 17.1. The number of hydrogen-bond donors (Lipinski definition) is 0. The molecular weight excluding hydrogens is 434 g/mol. The molecule has 1 aliphatic rings. The van der Waals surface area contributed by atoms with Crippen molar-refractivity contribution < 1.29 is 9.53 Å². The van der Waals surface area contributed by atoms with Crippen LogP contribution in [0.5, 0.6) is 5.75 Å². The lowest BCUT2D eigenvalue weighted by Crippen LogP contribution is -2.36. The number of amides is 1. The Kier molecular flexibility index (Phi) is 6.59. The summed E-state index contributed by atoms with van der Waals surface area (Å²) < 4.78 is 5.33. The molecule has 5 rings (SSSR count). The average Bonchev–Trinajstić information content (AvgIpc) is 3.35. The molecule has 0 unspecified atom stereocenters. The van der Waals surface area contributed by atoms with Crippen LogP contribution in [0.3, 0.4) is 0 Å². The Morgan fingerprint density at radius 2 is 1.66 bits per heavy atom. The molecule has 4 aromatic carbocycles. The fraction of sp³-hybridized carbons (Fsp3) is 0.200. The number of hydrazone groups is 1. The fourth-order valence-corrected chi connectivity index (χ4v) is 4.62. The first-order valence-corrected chi connectivity index (χ1v) is 11.9. The summed E-state index contributed by atoms with van der Waals surface area (Å²) in [4.78, 5) is 15.5. The Hall–Kier alpha value is -3.96. The van der Waals surface area contributed by atoms with Crippen molar-refractivity contribution in [2.24, 2.45) is 5.10 Å². The molecular formula is C30H29N3O2. The van der Waals surface area contributed by atoms with Crippen LogP contribution >= 0.6 is 0 Å². The highest BCUT2D eigenvalue weighted by Crippen LogP contribution is 2.34. The lowest BCUT2D eigenvalue weighted by Gasteiger charge is -2.25. The molecule has 0 saturated heterocycles. The topological polar surface area (TPSA) is 45.1 Å². The molecule has 0 saturated carbocycles. The summed E-state index contributed by atoms with van der Waals surface area (Å²) in [6, 6.07) is 32.6. The van der Waals surface area contributed by atoms with Gasteiger partial charge in [-0.3, -0.25) is 9.69 Å². The smallest absolute Gasteiger partial charge is 0.257 e. The molecule has 176 valence electrons. The van der Waals surface area contributed by atoms with E-state index in [1.165, 1.54) is 16.3 Å². The minimum atomic E-state index is -0.153. The van der Waals surface area contributed by atoms with Crippen molar-refractivity contribution in [2.75, 3.05) is 20.7 Å². The predicted molar refractivity (Wildman–Crippen MR) is 140 cm³/mol. The van der Waals surface area contributed by atoms with Crippen molar-refractivity contribution in [3.63, 3.8) is 0 Å². The molecule has 0 radical (unpaired) electrons. The maximum absolute atomic E-state index is 13.5. The number of ether oxygens (including phenoxy) is 1. The minimum absolute atomic E-state index is 0.0139. The standard InChI is InChI=1S/C30H29N3O2/c1-32(20-22-8-4-3-5-9-22)21-30(34)33-29(24-14-16-27(35-2)17-15-24)19-28(31-33)26-13-12-23-10-6-7-11-25(23)18-26/h3-18,29H,19-21H2,1-2H3/t29-/m1/s1. The van der Waals surface area contributed by atoms with Gasteiger partial charge in [0, 0.05) is 13.0 Å². The van der Waals surface area contributed by atoms with Gasteiger partial charge >= 0.3 is 0 Å². The number of rotatable bonds is 7. The van der Waals surface area contributed by atoms with E-state index < -0.39 is 0 Å². The molecule has 0 bridgehead atoms. The zero-order valence-corrected chi connectivity index (χ0v) is 20.1. The van der Waals surface area contributed by atoms with Crippen LogP contribution in [0.2, 0.25) is 0 Å². The van der Waals surface area contributed by atoms with Crippen LogP contribution in [-0.4, -0.2) is 42.2 Å². The summed E-state index contributed by atoms with van der Waals surface area (Å²) in [6.07, 6.45) is 0.665. The highest BCUT2D eigenvalue weighted by Gasteiger charge is 2.33. The first kappa shape index (κ1) is 22.8. The second kappa shape index (κ2) is 10.1. The van der Waals surface area contributed by atoms with Crippen LogP contribution in [0.25, 0.3) is 10.8 Å². The Labute approximate surface area is 206 Å². The lowest BCUT2D eigenvalue weighted by atomic mass is 9.97. The van der Waals surface area contributed by atoms with Crippen molar-refractivity contribution >= 4 is 22.4 Å². The highest BCUT2D eigenvalue weighted by molar-refractivity contribution is 6.05. The third kappa shape index (κ3) is 5.10. The molecule has 0 aliphatic carbocycles. The van der Waals surface area contributed by atoms with Gasteiger partial charge in [0.05, 0.1) is 25.4 Å². The van der Waals surface area contributed by atoms with Crippen LogP contribution in [0.1, 0.15) is 29.2 Å². The van der Waals surface area contributed by atoms with Gasteiger partial charge in [0.15, 0.2) is 0 Å². The summed E-state index contributed by atoms with van der Waals surface area (Å²) in [5, 5.41) is 8.90. The highest BCUT2D eigenvalue weighted by atomic mass is 16.5. The van der Waals surface area contributed by atoms with Crippen molar-refractivity contribution in [3.8, 4) is 5.75 Å². The monoisotopic (exact) mass is 463 g/mol. The lowest BCUT2D eigenvalue weighted by molar-refractivity contribution is -0.134. The van der Waals surface area contributed by atoms with Crippen LogP contribution in [0.4, 0.5) is 0 Å². The van der Waals surface area contributed by atoms with Crippen molar-refractivity contribution in [1.82, 2.24) is 9.91 Å². The fourth-order valence-electron chi connectivity index (χ4n) is 4.62. The number of hydrogen-bond acceptors (Lipinski definition) is 4. The van der Waals surface area contributed by atoms with Crippen molar-refractivity contribution in [2.45, 2.75) is 19.0 Å². The van der Waals surface area contributed by atoms with Gasteiger partial charge in [-0.1, -0.05) is 78.9 Å². The quantitative estimate of drug-likeness (QED) is 0.355. The van der Waals surface area contributed by atoms with Crippen LogP contribution in [0, 0.1) is 0 Å². The number of benzene rings is 4. The van der Waals surface area contributed by atoms with E-state index in [9.17, 15) is 4.79 Å². The SMILES string of the molecule is COc1ccc([C@H]2CC(c3ccc4ccccc4c3)=NN2C(=O)CN(C)Cc2ccccc2)cc1. The van der Waals surface area contributed by atoms with E-state index in [2.05, 4.69) is 42.5 Å². The molecule has 1 atom stereocenters. The molecule has 0 aromatic heterocycles. The van der Waals surface area contributed by atoms with Gasteiger partial charge in [0.1, 0.15) is 5.75 Å². The van der Waals surface area contributed by atoms with Gasteiger partial charge in [0.2, 0.25) is 0 Å². The van der Waals surface area contributed by atoms with E-state index in [0.717, 1.165) is 22.6 Å². The van der Waals surface area contributed by atoms with E-state index in [0.29, 0.717) is 13.0 Å². The van der Waals surface area contributed by atoms with Crippen molar-refractivity contribution in [3.05, 3.63) is 114 Å². The van der Waals surface area contributed by atoms with Gasteiger partial charge in [0.25, 0.3) is 5.91 Å². The van der Waals surface area contributed by atoms with Gasteiger partial charge in [-0.15, -0.1) is 0 Å². The molecule has 5 heteroatoms. The van der Waals surface area contributed by atoms with Gasteiger partial charge in [-0.2, -0.15) is 5.10 Å². The van der Waals surface area contributed by atoms with E-state index in [1.807, 2.05) is 66.5 Å². The number of carbonyl (C=O) groups is 1. The third-order valence-corrected chi connectivity index (χ3v) is 6.45. The Morgan fingerprint density at radius 3 is 2.40 bits per heavy atom. The number of carbonyl (C=O) groups excluding carboxylic acids is 1. The second-order valence-electron chi connectivity index (χ2n) is 9.00. The van der Waals surface area contributed by atoms with Gasteiger partial charge in [-0.05, 0) is 52.7 Å². The summed E-state index contributed by atoms with van der Waals surface area (Å²) in [7, 11) is 3.63. The molecule has 0 N–H and O–H groups in total. The van der Waals surface area contributed by atoms with Gasteiger partial charge < -0.3 is 4.74 Å². The summed E-state index contributed by atoms with van der Waals surface area (Å²) >= 11 is 0. The summed E-state index contributed by atoms with van der Waals surface area (Å²) in [5.41, 5.74) is 4.20. The molecule has 1 amide bonds. The molecule has 1 heterocycles. The third-order valence-electron chi connectivity index (χ3n) is 6.45. The molecule has 35 heavy (non-hydrogen) atoms. The van der Waals surface area contributed by atoms with E-state index in [-0.39, 0.29) is 18.5 Å². The van der Waals surface area contributed by atoms with Crippen LogP contribution in [-0.2, 0) is 11.3 Å². The largest absolute Gasteiger partial charge is 0.497 e. The molecule has 4 aromatic rings. The molecule has 1 aliphatic heterocycles. The van der Waals surface area contributed by atoms with Crippen LogP contribution in [0.15, 0.2) is 102 Å². The number of likely N-dealkylation sites (N-methyl/N-ethyl adjacent to an activating group) is 1.